The summed E-state index contributed by atoms with van der Waals surface area (Å²) < 4.78 is 36.3. The van der Waals surface area contributed by atoms with Gasteiger partial charge in [-0.3, -0.25) is 14.9 Å². The molecule has 9 heteroatoms. The van der Waals surface area contributed by atoms with Gasteiger partial charge < -0.3 is 4.18 Å². The summed E-state index contributed by atoms with van der Waals surface area (Å²) >= 11 is 0. The van der Waals surface area contributed by atoms with Gasteiger partial charge in [-0.05, 0) is 19.1 Å². The van der Waals surface area contributed by atoms with Gasteiger partial charge >= 0.3 is 10.5 Å². The fourth-order valence-electron chi connectivity index (χ4n) is 1.13. The summed E-state index contributed by atoms with van der Waals surface area (Å²) in [6.45, 7) is 5.11. The van der Waals surface area contributed by atoms with Crippen molar-refractivity contribution in [1.29, 1.82) is 0 Å². The van der Waals surface area contributed by atoms with Crippen molar-refractivity contribution in [3.05, 3.63) is 33.9 Å². The molecule has 0 N–H and O–H groups in total. The Bertz CT molecular complexity index is 584. The molecule has 0 aromatic heterocycles. The highest BCUT2D eigenvalue weighted by Gasteiger charge is 2.20. The number of Topliss-reactive ketones (excluding diaryl/α,β-unsaturated/α-hetero) is 1. The highest BCUT2D eigenvalue weighted by molar-refractivity contribution is 7.81. The van der Waals surface area contributed by atoms with E-state index < -0.39 is 32.6 Å². The number of nitrogens with zero attached hydrogens (tertiary/aromatic N) is 1. The molecule has 0 radical (unpaired) electrons. The van der Waals surface area contributed by atoms with Gasteiger partial charge in [-0.1, -0.05) is 17.7 Å². The van der Waals surface area contributed by atoms with Crippen LogP contribution >= 0.6 is 0 Å². The van der Waals surface area contributed by atoms with Crippen molar-refractivity contribution >= 4 is 22.0 Å². The molecule has 1 rings (SSSR count). The predicted octanol–water partition coefficient (Wildman–Crippen LogP) is 2.42. The quantitative estimate of drug-likeness (QED) is 0.365. The van der Waals surface area contributed by atoms with Crippen LogP contribution in [0.25, 0.3) is 0 Å². The van der Waals surface area contributed by atoms with Crippen LogP contribution in [0.2, 0.25) is 0 Å². The lowest BCUT2D eigenvalue weighted by atomic mass is 10.1. The van der Waals surface area contributed by atoms with Crippen LogP contribution in [0.5, 0.6) is 5.75 Å². The molecular weight excluding hydrogens is 281 g/mol. The van der Waals surface area contributed by atoms with E-state index in [-0.39, 0.29) is 5.56 Å². The molecule has 1 aromatic carbocycles. The first kappa shape index (κ1) is 17.0. The van der Waals surface area contributed by atoms with E-state index in [0.29, 0.717) is 6.07 Å². The molecule has 0 fully saturated rings. The van der Waals surface area contributed by atoms with E-state index in [1.165, 1.54) is 0 Å². The number of nitro groups is 1. The van der Waals surface area contributed by atoms with E-state index in [9.17, 15) is 27.2 Å². The molecule has 0 spiro atoms. The summed E-state index contributed by atoms with van der Waals surface area (Å²) in [6.07, 6.45) is 0. The Morgan fingerprint density at radius 3 is 2.26 bits per heavy atom. The molecule has 0 heterocycles. The lowest BCUT2D eigenvalue weighted by Crippen LogP contribution is -2.04. The average Bonchev–Trinajstić information content (AvgIpc) is 2.29. The minimum absolute atomic E-state index is 0.224. The highest BCUT2D eigenvalue weighted by atomic mass is 32.3. The summed E-state index contributed by atoms with van der Waals surface area (Å²) in [4.78, 5) is 20.7. The van der Waals surface area contributed by atoms with Gasteiger partial charge in [0, 0.05) is 0 Å². The largest absolute Gasteiger partial charge is 0.488 e. The van der Waals surface area contributed by atoms with E-state index in [4.69, 9.17) is 0 Å². The van der Waals surface area contributed by atoms with E-state index in [1.54, 1.807) is 0 Å². The first-order chi connectivity index (χ1) is 8.70. The molecule has 7 nitrogen and oxygen atoms in total. The van der Waals surface area contributed by atoms with Crippen LogP contribution in [0.15, 0.2) is 18.2 Å². The minimum atomic E-state index is -5.26. The Hall–Kier alpha value is -2.03. The highest BCUT2D eigenvalue weighted by Crippen LogP contribution is 2.26. The summed E-state index contributed by atoms with van der Waals surface area (Å²) in [5.74, 6) is -1.16. The number of nitro benzene ring substituents is 1. The molecule has 0 saturated heterocycles. The number of hydrogen-bond donors (Lipinski definition) is 0. The molecule has 0 amide bonds. The SMILES string of the molecule is CC.CC(=O)c1ccc(OS(=O)(=O)F)cc1[N+](=O)[O-]. The van der Waals surface area contributed by atoms with E-state index >= 15 is 0 Å². The van der Waals surface area contributed by atoms with Crippen molar-refractivity contribution in [3.8, 4) is 5.75 Å². The van der Waals surface area contributed by atoms with Crippen LogP contribution in [0.3, 0.4) is 0 Å². The second-order valence-electron chi connectivity index (χ2n) is 2.97. The molecule has 1 aromatic rings. The fraction of sp³-hybridized carbons (Fsp3) is 0.300. The Labute approximate surface area is 109 Å². The van der Waals surface area contributed by atoms with Crippen LogP contribution in [0, 0.1) is 10.1 Å². The number of hydrogen-bond acceptors (Lipinski definition) is 6. The molecule has 0 aliphatic heterocycles. The second kappa shape index (κ2) is 6.78. The zero-order valence-electron chi connectivity index (χ0n) is 10.4. The minimum Gasteiger partial charge on any atom is -0.358 e. The predicted molar refractivity (Wildman–Crippen MR) is 65.1 cm³/mol. The fourth-order valence-corrected chi connectivity index (χ4v) is 1.46. The molecule has 106 valence electrons. The lowest BCUT2D eigenvalue weighted by molar-refractivity contribution is -0.385. The summed E-state index contributed by atoms with van der Waals surface area (Å²) in [5.41, 5.74) is -0.878. The Morgan fingerprint density at radius 1 is 1.37 bits per heavy atom. The number of carbonyl (C=O) groups is 1. The first-order valence-corrected chi connectivity index (χ1v) is 6.45. The van der Waals surface area contributed by atoms with Crippen molar-refractivity contribution < 1.29 is 26.2 Å². The standard InChI is InChI=1S/C8H6FNO6S.C2H6/c1-5(11)7-3-2-6(16-17(9,14)15)4-8(7)10(12)13;1-2/h2-4H,1H3;1-2H3. The van der Waals surface area contributed by atoms with Crippen LogP contribution < -0.4 is 4.18 Å². The van der Waals surface area contributed by atoms with E-state index in [2.05, 4.69) is 4.18 Å². The van der Waals surface area contributed by atoms with Crippen LogP contribution in [0.1, 0.15) is 31.1 Å². The van der Waals surface area contributed by atoms with Crippen molar-refractivity contribution in [2.75, 3.05) is 0 Å². The van der Waals surface area contributed by atoms with E-state index in [1.807, 2.05) is 13.8 Å². The monoisotopic (exact) mass is 293 g/mol. The van der Waals surface area contributed by atoms with Crippen LogP contribution in [-0.4, -0.2) is 19.1 Å². The number of ketones is 1. The molecule has 0 atom stereocenters. The molecular formula is C10H12FNO6S. The molecule has 0 aliphatic carbocycles. The van der Waals surface area contributed by atoms with Gasteiger partial charge in [-0.25, -0.2) is 0 Å². The number of halogens is 1. The van der Waals surface area contributed by atoms with Gasteiger partial charge in [0.1, 0.15) is 0 Å². The molecule has 0 saturated carbocycles. The van der Waals surface area contributed by atoms with Crippen molar-refractivity contribution in [3.63, 3.8) is 0 Å². The third-order valence-corrected chi connectivity index (χ3v) is 2.13. The van der Waals surface area contributed by atoms with Crippen LogP contribution in [0.4, 0.5) is 9.57 Å². The van der Waals surface area contributed by atoms with Gasteiger partial charge in [-0.2, -0.15) is 8.42 Å². The van der Waals surface area contributed by atoms with Gasteiger partial charge in [0.2, 0.25) is 0 Å². The third kappa shape index (κ3) is 5.42. The molecule has 19 heavy (non-hydrogen) atoms. The van der Waals surface area contributed by atoms with Gasteiger partial charge in [0.05, 0.1) is 16.6 Å². The summed E-state index contributed by atoms with van der Waals surface area (Å²) in [7, 11) is -5.26. The second-order valence-corrected chi connectivity index (χ2v) is 3.92. The number of rotatable bonds is 4. The zero-order chi connectivity index (χ0) is 15.2. The first-order valence-electron chi connectivity index (χ1n) is 5.14. The topological polar surface area (TPSA) is 104 Å². The Balaban J connectivity index is 0.00000154. The third-order valence-electron chi connectivity index (χ3n) is 1.74. The van der Waals surface area contributed by atoms with Crippen LogP contribution in [-0.2, 0) is 10.5 Å². The van der Waals surface area contributed by atoms with Crippen molar-refractivity contribution in [2.24, 2.45) is 0 Å². The van der Waals surface area contributed by atoms with Gasteiger partial charge in [-0.15, -0.1) is 0 Å². The summed E-state index contributed by atoms with van der Waals surface area (Å²) in [5, 5.41) is 10.6. The number of carbonyl (C=O) groups excluding carboxylic acids is 1. The maximum Gasteiger partial charge on any atom is 0.488 e. The average molecular weight is 293 g/mol. The van der Waals surface area contributed by atoms with Crippen molar-refractivity contribution in [2.45, 2.75) is 20.8 Å². The zero-order valence-corrected chi connectivity index (χ0v) is 11.2. The number of benzene rings is 1. The van der Waals surface area contributed by atoms with Crippen molar-refractivity contribution in [1.82, 2.24) is 0 Å². The van der Waals surface area contributed by atoms with E-state index in [0.717, 1.165) is 19.1 Å². The maximum absolute atomic E-state index is 12.2. The Morgan fingerprint density at radius 2 is 1.89 bits per heavy atom. The normalized spacial score (nSPS) is 10.1. The maximum atomic E-state index is 12.2. The Kier molecular flexibility index (Phi) is 6.06. The molecule has 0 aliphatic rings. The lowest BCUT2D eigenvalue weighted by Gasteiger charge is -2.02. The smallest absolute Gasteiger partial charge is 0.358 e. The van der Waals surface area contributed by atoms with Gasteiger partial charge in [0.25, 0.3) is 5.69 Å². The van der Waals surface area contributed by atoms with Gasteiger partial charge in [0.15, 0.2) is 11.5 Å². The summed E-state index contributed by atoms with van der Waals surface area (Å²) in [6, 6.07) is 2.59. The molecule has 0 unspecified atom stereocenters. The molecule has 0 bridgehead atoms.